The quantitative estimate of drug-likeness (QED) is 0.834. The van der Waals surface area contributed by atoms with Gasteiger partial charge in [-0.05, 0) is 30.5 Å². The molecule has 1 atom stereocenters. The number of carboxylic acids is 1. The summed E-state index contributed by atoms with van der Waals surface area (Å²) in [4.78, 5) is 23.9. The highest BCUT2D eigenvalue weighted by Gasteiger charge is 2.17. The van der Waals surface area contributed by atoms with Crippen molar-refractivity contribution in [2.24, 2.45) is 5.92 Å². The summed E-state index contributed by atoms with van der Waals surface area (Å²) in [7, 11) is 1.60. The summed E-state index contributed by atoms with van der Waals surface area (Å²) >= 11 is 0. The van der Waals surface area contributed by atoms with Crippen molar-refractivity contribution in [2.45, 2.75) is 26.2 Å². The van der Waals surface area contributed by atoms with Gasteiger partial charge in [-0.15, -0.1) is 0 Å². The Morgan fingerprint density at radius 1 is 1.40 bits per heavy atom. The Labute approximate surface area is 118 Å². The molecule has 0 aliphatic rings. The standard InChI is InChI=1S/C15H20FNO3/c1-11(15(20)17(2)9-8-14(18)19)6-7-12-4-3-5-13(16)10-12/h3-5,10-11H,6-9H2,1-2H3,(H,18,19). The van der Waals surface area contributed by atoms with Gasteiger partial charge in [0.05, 0.1) is 6.42 Å². The fourth-order valence-corrected chi connectivity index (χ4v) is 1.95. The van der Waals surface area contributed by atoms with E-state index in [4.69, 9.17) is 5.11 Å². The van der Waals surface area contributed by atoms with Gasteiger partial charge in [0, 0.05) is 19.5 Å². The van der Waals surface area contributed by atoms with Crippen LogP contribution in [0.25, 0.3) is 0 Å². The van der Waals surface area contributed by atoms with Crippen LogP contribution in [0.3, 0.4) is 0 Å². The maximum Gasteiger partial charge on any atom is 0.305 e. The molecule has 0 fully saturated rings. The van der Waals surface area contributed by atoms with E-state index in [1.54, 1.807) is 20.0 Å². The zero-order valence-electron chi connectivity index (χ0n) is 11.8. The van der Waals surface area contributed by atoms with E-state index in [0.29, 0.717) is 12.8 Å². The molecule has 1 aromatic carbocycles. The summed E-state index contributed by atoms with van der Waals surface area (Å²) in [6.45, 7) is 2.01. The van der Waals surface area contributed by atoms with Crippen LogP contribution in [0.1, 0.15) is 25.3 Å². The highest BCUT2D eigenvalue weighted by molar-refractivity contribution is 5.78. The smallest absolute Gasteiger partial charge is 0.305 e. The highest BCUT2D eigenvalue weighted by Crippen LogP contribution is 2.13. The molecule has 0 aliphatic carbocycles. The summed E-state index contributed by atoms with van der Waals surface area (Å²) in [6.07, 6.45) is 1.18. The minimum absolute atomic E-state index is 0.0567. The van der Waals surface area contributed by atoms with Crippen LogP contribution in [0, 0.1) is 11.7 Å². The molecule has 5 heteroatoms. The zero-order chi connectivity index (χ0) is 15.1. The Morgan fingerprint density at radius 3 is 2.70 bits per heavy atom. The predicted octanol–water partition coefficient (Wildman–Crippen LogP) is 2.33. The molecule has 0 saturated carbocycles. The van der Waals surface area contributed by atoms with Gasteiger partial charge in [-0.25, -0.2) is 4.39 Å². The largest absolute Gasteiger partial charge is 0.481 e. The fourth-order valence-electron chi connectivity index (χ4n) is 1.95. The van der Waals surface area contributed by atoms with Crippen LogP contribution < -0.4 is 0 Å². The first-order valence-electron chi connectivity index (χ1n) is 6.61. The first-order chi connectivity index (χ1) is 9.40. The lowest BCUT2D eigenvalue weighted by molar-refractivity contribution is -0.139. The molecule has 1 rings (SSSR count). The topological polar surface area (TPSA) is 57.6 Å². The Morgan fingerprint density at radius 2 is 2.10 bits per heavy atom. The van der Waals surface area contributed by atoms with Gasteiger partial charge in [0.15, 0.2) is 0 Å². The Kier molecular flexibility index (Phi) is 6.15. The van der Waals surface area contributed by atoms with Gasteiger partial charge in [-0.1, -0.05) is 19.1 Å². The number of carbonyl (C=O) groups is 2. The highest BCUT2D eigenvalue weighted by atomic mass is 19.1. The number of rotatable bonds is 7. The van der Waals surface area contributed by atoms with Crippen molar-refractivity contribution in [1.29, 1.82) is 0 Å². The molecule has 0 bridgehead atoms. The molecular weight excluding hydrogens is 261 g/mol. The Balaban J connectivity index is 2.43. The maximum atomic E-state index is 13.0. The van der Waals surface area contributed by atoms with Crippen molar-refractivity contribution in [3.05, 3.63) is 35.6 Å². The Hall–Kier alpha value is -1.91. The van der Waals surface area contributed by atoms with Crippen LogP contribution in [0.5, 0.6) is 0 Å². The van der Waals surface area contributed by atoms with Gasteiger partial charge in [0.1, 0.15) is 5.82 Å². The molecule has 1 amide bonds. The lowest BCUT2D eigenvalue weighted by Gasteiger charge is -2.20. The number of halogens is 1. The van der Waals surface area contributed by atoms with Crippen LogP contribution in [0.15, 0.2) is 24.3 Å². The van der Waals surface area contributed by atoms with Gasteiger partial charge in [0.2, 0.25) is 5.91 Å². The molecule has 0 saturated heterocycles. The molecular formula is C15H20FNO3. The molecule has 20 heavy (non-hydrogen) atoms. The average molecular weight is 281 g/mol. The molecule has 0 aliphatic heterocycles. The maximum absolute atomic E-state index is 13.0. The van der Waals surface area contributed by atoms with Gasteiger partial charge in [0.25, 0.3) is 0 Å². The number of carbonyl (C=O) groups excluding carboxylic acids is 1. The lowest BCUT2D eigenvalue weighted by atomic mass is 10.00. The van der Waals surface area contributed by atoms with E-state index in [1.807, 2.05) is 6.07 Å². The minimum Gasteiger partial charge on any atom is -0.481 e. The zero-order valence-corrected chi connectivity index (χ0v) is 11.8. The summed E-state index contributed by atoms with van der Waals surface area (Å²) in [6, 6.07) is 6.33. The molecule has 1 unspecified atom stereocenters. The van der Waals surface area contributed by atoms with Crippen LogP contribution in [-0.4, -0.2) is 35.5 Å². The third-order valence-corrected chi connectivity index (χ3v) is 3.21. The molecule has 110 valence electrons. The van der Waals surface area contributed by atoms with E-state index in [9.17, 15) is 14.0 Å². The van der Waals surface area contributed by atoms with Gasteiger partial charge < -0.3 is 10.0 Å². The number of carboxylic acid groups (broad SMARTS) is 1. The predicted molar refractivity (Wildman–Crippen MR) is 73.8 cm³/mol. The molecule has 1 N–H and O–H groups in total. The lowest BCUT2D eigenvalue weighted by Crippen LogP contribution is -2.33. The third-order valence-electron chi connectivity index (χ3n) is 3.21. The van der Waals surface area contributed by atoms with E-state index in [0.717, 1.165) is 5.56 Å². The van der Waals surface area contributed by atoms with E-state index >= 15 is 0 Å². The number of hydrogen-bond donors (Lipinski definition) is 1. The second-order valence-electron chi connectivity index (χ2n) is 4.97. The van der Waals surface area contributed by atoms with Crippen molar-refractivity contribution >= 4 is 11.9 Å². The summed E-state index contributed by atoms with van der Waals surface area (Å²) in [5.41, 5.74) is 0.859. The van der Waals surface area contributed by atoms with E-state index < -0.39 is 5.97 Å². The van der Waals surface area contributed by atoms with Gasteiger partial charge >= 0.3 is 5.97 Å². The Bertz CT molecular complexity index is 476. The van der Waals surface area contributed by atoms with Gasteiger partial charge in [-0.3, -0.25) is 9.59 Å². The van der Waals surface area contributed by atoms with E-state index in [2.05, 4.69) is 0 Å². The van der Waals surface area contributed by atoms with E-state index in [-0.39, 0.29) is 30.6 Å². The minimum atomic E-state index is -0.919. The van der Waals surface area contributed by atoms with Crippen molar-refractivity contribution in [2.75, 3.05) is 13.6 Å². The number of benzene rings is 1. The normalized spacial score (nSPS) is 11.9. The molecule has 0 aromatic heterocycles. The van der Waals surface area contributed by atoms with Crippen molar-refractivity contribution in [1.82, 2.24) is 4.90 Å². The van der Waals surface area contributed by atoms with Crippen LogP contribution >= 0.6 is 0 Å². The number of hydrogen-bond acceptors (Lipinski definition) is 2. The molecule has 0 spiro atoms. The first-order valence-corrected chi connectivity index (χ1v) is 6.61. The second-order valence-corrected chi connectivity index (χ2v) is 4.97. The van der Waals surface area contributed by atoms with Crippen molar-refractivity contribution in [3.63, 3.8) is 0 Å². The van der Waals surface area contributed by atoms with Crippen molar-refractivity contribution < 1.29 is 19.1 Å². The summed E-state index contributed by atoms with van der Waals surface area (Å²) in [5, 5.41) is 8.59. The molecule has 4 nitrogen and oxygen atoms in total. The van der Waals surface area contributed by atoms with E-state index in [1.165, 1.54) is 17.0 Å². The van der Waals surface area contributed by atoms with Crippen LogP contribution in [0.4, 0.5) is 4.39 Å². The summed E-state index contributed by atoms with van der Waals surface area (Å²) in [5.74, 6) is -1.49. The van der Waals surface area contributed by atoms with Crippen molar-refractivity contribution in [3.8, 4) is 0 Å². The summed E-state index contributed by atoms with van der Waals surface area (Å²) < 4.78 is 13.0. The number of aliphatic carboxylic acids is 1. The SMILES string of the molecule is CC(CCc1cccc(F)c1)C(=O)N(C)CCC(=O)O. The molecule has 1 aromatic rings. The molecule has 0 radical (unpaired) electrons. The monoisotopic (exact) mass is 281 g/mol. The number of nitrogens with zero attached hydrogens (tertiary/aromatic N) is 1. The fraction of sp³-hybridized carbons (Fsp3) is 0.467. The van der Waals surface area contributed by atoms with Crippen LogP contribution in [-0.2, 0) is 16.0 Å². The number of aryl methyl sites for hydroxylation is 1. The number of amides is 1. The third kappa shape index (κ3) is 5.38. The van der Waals surface area contributed by atoms with Crippen LogP contribution in [0.2, 0.25) is 0 Å². The first kappa shape index (κ1) is 16.1. The molecule has 0 heterocycles. The average Bonchev–Trinajstić information content (AvgIpc) is 2.41. The van der Waals surface area contributed by atoms with Gasteiger partial charge in [-0.2, -0.15) is 0 Å². The second kappa shape index (κ2) is 7.62.